The van der Waals surface area contributed by atoms with Gasteiger partial charge in [-0.1, -0.05) is 39.8 Å². The van der Waals surface area contributed by atoms with Gasteiger partial charge in [-0.15, -0.1) is 0 Å². The normalized spacial score (nSPS) is 11.7. The number of carbonyl (C=O) groups is 1. The maximum absolute atomic E-state index is 12.9. The first-order valence-corrected chi connectivity index (χ1v) is 10.8. The summed E-state index contributed by atoms with van der Waals surface area (Å²) >= 11 is 0. The molecule has 0 aliphatic rings. The molecule has 2 aromatic carbocycles. The number of carbonyl (C=O) groups excluding carboxylic acids is 1. The summed E-state index contributed by atoms with van der Waals surface area (Å²) in [4.78, 5) is 12.7. The molecule has 0 saturated carbocycles. The van der Waals surface area contributed by atoms with Gasteiger partial charge in [-0.25, -0.2) is 8.42 Å². The van der Waals surface area contributed by atoms with Crippen LogP contribution in [-0.2, 0) is 10.0 Å². The SMILES string of the molecule is CCN(CC)S(=O)(=O)c1cc(C(=O)Nc2cccc(C(C)C)c2)ccc1OC. The van der Waals surface area contributed by atoms with Gasteiger partial charge in [0.15, 0.2) is 0 Å². The zero-order chi connectivity index (χ0) is 20.9. The van der Waals surface area contributed by atoms with Crippen LogP contribution in [0.25, 0.3) is 0 Å². The zero-order valence-corrected chi connectivity index (χ0v) is 17.8. The zero-order valence-electron chi connectivity index (χ0n) is 17.0. The fourth-order valence-electron chi connectivity index (χ4n) is 2.90. The maximum Gasteiger partial charge on any atom is 0.255 e. The predicted molar refractivity (Wildman–Crippen MR) is 112 cm³/mol. The maximum atomic E-state index is 12.9. The van der Waals surface area contributed by atoms with E-state index in [9.17, 15) is 13.2 Å². The first-order chi connectivity index (χ1) is 13.2. The Morgan fingerprint density at radius 3 is 2.36 bits per heavy atom. The number of methoxy groups -OCH3 is 1. The Balaban J connectivity index is 2.39. The van der Waals surface area contributed by atoms with Gasteiger partial charge in [0.1, 0.15) is 10.6 Å². The van der Waals surface area contributed by atoms with E-state index in [4.69, 9.17) is 4.74 Å². The van der Waals surface area contributed by atoms with E-state index < -0.39 is 10.0 Å². The highest BCUT2D eigenvalue weighted by Gasteiger charge is 2.26. The summed E-state index contributed by atoms with van der Waals surface area (Å²) in [5, 5.41) is 2.84. The van der Waals surface area contributed by atoms with E-state index in [2.05, 4.69) is 19.2 Å². The third kappa shape index (κ3) is 4.72. The van der Waals surface area contributed by atoms with Crippen molar-refractivity contribution in [1.29, 1.82) is 0 Å². The molecule has 6 nitrogen and oxygen atoms in total. The number of anilines is 1. The average Bonchev–Trinajstić information content (AvgIpc) is 2.68. The molecule has 2 aromatic rings. The lowest BCUT2D eigenvalue weighted by Crippen LogP contribution is -2.31. The highest BCUT2D eigenvalue weighted by atomic mass is 32.2. The van der Waals surface area contributed by atoms with E-state index in [0.717, 1.165) is 5.56 Å². The lowest BCUT2D eigenvalue weighted by Gasteiger charge is -2.20. The molecule has 28 heavy (non-hydrogen) atoms. The van der Waals surface area contributed by atoms with Crippen LogP contribution >= 0.6 is 0 Å². The molecule has 0 spiro atoms. The highest BCUT2D eigenvalue weighted by molar-refractivity contribution is 7.89. The van der Waals surface area contributed by atoms with E-state index >= 15 is 0 Å². The Hall–Kier alpha value is -2.38. The molecule has 0 aliphatic carbocycles. The van der Waals surface area contributed by atoms with Crippen molar-refractivity contribution in [3.8, 4) is 5.75 Å². The van der Waals surface area contributed by atoms with Gasteiger partial charge in [0.25, 0.3) is 5.91 Å². The molecular formula is C21H28N2O4S. The molecule has 0 unspecified atom stereocenters. The molecule has 152 valence electrons. The summed E-state index contributed by atoms with van der Waals surface area (Å²) in [6.45, 7) is 8.36. The molecule has 0 aliphatic heterocycles. The van der Waals surface area contributed by atoms with E-state index in [1.165, 1.54) is 23.5 Å². The molecule has 0 bridgehead atoms. The Labute approximate surface area is 167 Å². The van der Waals surface area contributed by atoms with Gasteiger partial charge in [0, 0.05) is 24.3 Å². The van der Waals surface area contributed by atoms with Gasteiger partial charge in [0.05, 0.1) is 7.11 Å². The number of benzene rings is 2. The summed E-state index contributed by atoms with van der Waals surface area (Å²) < 4.78 is 32.4. The van der Waals surface area contributed by atoms with E-state index in [-0.39, 0.29) is 22.1 Å². The van der Waals surface area contributed by atoms with Crippen molar-refractivity contribution in [3.05, 3.63) is 53.6 Å². The average molecular weight is 405 g/mol. The van der Waals surface area contributed by atoms with Gasteiger partial charge in [0.2, 0.25) is 10.0 Å². The number of nitrogens with one attached hydrogen (secondary N) is 1. The molecule has 0 heterocycles. The van der Waals surface area contributed by atoms with E-state index in [1.807, 2.05) is 18.2 Å². The third-order valence-corrected chi connectivity index (χ3v) is 6.63. The van der Waals surface area contributed by atoms with Gasteiger partial charge in [-0.05, 0) is 41.8 Å². The van der Waals surface area contributed by atoms with Crippen LogP contribution < -0.4 is 10.1 Å². The number of hydrogen-bond donors (Lipinski definition) is 1. The standard InChI is InChI=1S/C21H28N2O4S/c1-6-23(7-2)28(25,26)20-14-17(11-12-19(20)27-5)21(24)22-18-10-8-9-16(13-18)15(3)4/h8-15H,6-7H2,1-5H3,(H,22,24). The molecule has 0 atom stereocenters. The van der Waals surface area contributed by atoms with Gasteiger partial charge in [-0.2, -0.15) is 4.31 Å². The lowest BCUT2D eigenvalue weighted by molar-refractivity contribution is 0.102. The largest absolute Gasteiger partial charge is 0.495 e. The first-order valence-electron chi connectivity index (χ1n) is 9.34. The molecule has 2 rings (SSSR count). The number of amides is 1. The van der Waals surface area contributed by atoms with Crippen molar-refractivity contribution in [2.75, 3.05) is 25.5 Å². The van der Waals surface area contributed by atoms with Gasteiger partial charge in [-0.3, -0.25) is 4.79 Å². The Morgan fingerprint density at radius 1 is 1.11 bits per heavy atom. The topological polar surface area (TPSA) is 75.7 Å². The molecular weight excluding hydrogens is 376 g/mol. The van der Waals surface area contributed by atoms with Crippen molar-refractivity contribution in [1.82, 2.24) is 4.31 Å². The predicted octanol–water partition coefficient (Wildman–Crippen LogP) is 4.10. The Kier molecular flexibility index (Phi) is 7.21. The van der Waals surface area contributed by atoms with Crippen LogP contribution in [0.5, 0.6) is 5.75 Å². The highest BCUT2D eigenvalue weighted by Crippen LogP contribution is 2.28. The van der Waals surface area contributed by atoms with Crippen LogP contribution in [0.3, 0.4) is 0 Å². The minimum absolute atomic E-state index is 0.0118. The molecule has 1 amide bonds. The van der Waals surface area contributed by atoms with Crippen LogP contribution in [0.2, 0.25) is 0 Å². The van der Waals surface area contributed by atoms with Crippen molar-refractivity contribution < 1.29 is 17.9 Å². The van der Waals surface area contributed by atoms with Crippen LogP contribution in [0.4, 0.5) is 5.69 Å². The van der Waals surface area contributed by atoms with Gasteiger partial charge < -0.3 is 10.1 Å². The van der Waals surface area contributed by atoms with Crippen molar-refractivity contribution >= 4 is 21.6 Å². The molecule has 0 aromatic heterocycles. The summed E-state index contributed by atoms with van der Waals surface area (Å²) in [5.74, 6) is 0.175. The fraction of sp³-hybridized carbons (Fsp3) is 0.381. The second-order valence-electron chi connectivity index (χ2n) is 6.69. The number of nitrogens with zero attached hydrogens (tertiary/aromatic N) is 1. The molecule has 0 fully saturated rings. The minimum atomic E-state index is -3.76. The van der Waals surface area contributed by atoms with E-state index in [0.29, 0.717) is 24.7 Å². The fourth-order valence-corrected chi connectivity index (χ4v) is 4.54. The smallest absolute Gasteiger partial charge is 0.255 e. The van der Waals surface area contributed by atoms with Crippen molar-refractivity contribution in [2.45, 2.75) is 38.5 Å². The summed E-state index contributed by atoms with van der Waals surface area (Å²) in [6, 6.07) is 12.0. The molecule has 0 radical (unpaired) electrons. The summed E-state index contributed by atoms with van der Waals surface area (Å²) in [5.41, 5.74) is 2.03. The number of hydrogen-bond acceptors (Lipinski definition) is 4. The van der Waals surface area contributed by atoms with Gasteiger partial charge >= 0.3 is 0 Å². The van der Waals surface area contributed by atoms with Crippen LogP contribution in [0.15, 0.2) is 47.4 Å². The minimum Gasteiger partial charge on any atom is -0.495 e. The second-order valence-corrected chi connectivity index (χ2v) is 8.60. The molecule has 7 heteroatoms. The van der Waals surface area contributed by atoms with E-state index in [1.54, 1.807) is 26.0 Å². The number of sulfonamides is 1. The monoisotopic (exact) mass is 404 g/mol. The van der Waals surface area contributed by atoms with Crippen LogP contribution in [0.1, 0.15) is 49.5 Å². The van der Waals surface area contributed by atoms with Crippen LogP contribution in [-0.4, -0.2) is 38.8 Å². The Morgan fingerprint density at radius 2 is 1.79 bits per heavy atom. The second kappa shape index (κ2) is 9.21. The molecule has 0 saturated heterocycles. The quantitative estimate of drug-likeness (QED) is 0.719. The molecule has 1 N–H and O–H groups in total. The van der Waals surface area contributed by atoms with Crippen LogP contribution in [0, 0.1) is 0 Å². The lowest BCUT2D eigenvalue weighted by atomic mass is 10.0. The summed E-state index contributed by atoms with van der Waals surface area (Å²) in [7, 11) is -2.35. The summed E-state index contributed by atoms with van der Waals surface area (Å²) in [6.07, 6.45) is 0. The third-order valence-electron chi connectivity index (χ3n) is 4.56. The van der Waals surface area contributed by atoms with Crippen molar-refractivity contribution in [3.63, 3.8) is 0 Å². The van der Waals surface area contributed by atoms with Crippen molar-refractivity contribution in [2.24, 2.45) is 0 Å². The Bertz CT molecular complexity index is 935. The number of rotatable bonds is 8. The number of ether oxygens (including phenoxy) is 1. The first kappa shape index (κ1) is 21.9.